The topological polar surface area (TPSA) is 23.5 Å². The first kappa shape index (κ1) is 19.7. The summed E-state index contributed by atoms with van der Waals surface area (Å²) < 4.78 is 0. The van der Waals surface area contributed by atoms with Gasteiger partial charge < -0.3 is 5.11 Å². The Kier molecular flexibility index (Phi) is 5.66. The quantitative estimate of drug-likeness (QED) is 0.658. The fourth-order valence-electron chi connectivity index (χ4n) is 6.19. The lowest BCUT2D eigenvalue weighted by molar-refractivity contribution is -0.00513. The summed E-state index contributed by atoms with van der Waals surface area (Å²) in [4.78, 5) is 2.73. The van der Waals surface area contributed by atoms with Crippen LogP contribution in [-0.2, 0) is 11.8 Å². The van der Waals surface area contributed by atoms with Crippen LogP contribution in [0.4, 0.5) is 0 Å². The predicted octanol–water partition coefficient (Wildman–Crippen LogP) is 5.74. The molecule has 1 aliphatic heterocycles. The fraction of sp³-hybridized carbons (Fsp3) is 0.440. The van der Waals surface area contributed by atoms with E-state index in [4.69, 9.17) is 0 Å². The van der Waals surface area contributed by atoms with Crippen molar-refractivity contribution in [1.82, 2.24) is 4.90 Å². The van der Waals surface area contributed by atoms with E-state index in [1.807, 2.05) is 6.07 Å². The Morgan fingerprint density at radius 1 is 1.07 bits per heavy atom. The van der Waals surface area contributed by atoms with Gasteiger partial charge in [0.1, 0.15) is 5.75 Å². The average Bonchev–Trinajstić information content (AvgIpc) is 2.71. The molecular weight excluding hydrogens is 410 g/mol. The molecule has 0 radical (unpaired) electrons. The Bertz CT molecular complexity index is 849. The number of hydrogen-bond donors (Lipinski definition) is 1. The van der Waals surface area contributed by atoms with Crippen LogP contribution in [0.5, 0.6) is 5.75 Å². The molecule has 2 aromatic rings. The molecule has 1 heterocycles. The standard InChI is InChI=1S/C25H29NO.BrH/c27-21-12-11-20-17-24-22-10-4-5-13-25(22,23(20)18-21)14-16-26(24)15-6-9-19-7-2-1-3-8-19;/h1-3,6-9,11-12,18,22,24,27H,4-5,10,13-17H2;1H/b9-6+;/t22-,24-,25+;/m0./s1. The molecule has 2 nitrogen and oxygen atoms in total. The summed E-state index contributed by atoms with van der Waals surface area (Å²) in [5, 5.41) is 10.1. The van der Waals surface area contributed by atoms with Gasteiger partial charge in [-0.2, -0.15) is 0 Å². The van der Waals surface area contributed by atoms with E-state index < -0.39 is 0 Å². The molecule has 0 aromatic heterocycles. The van der Waals surface area contributed by atoms with Gasteiger partial charge in [-0.15, -0.1) is 17.0 Å². The van der Waals surface area contributed by atoms with Gasteiger partial charge in [-0.1, -0.05) is 61.4 Å². The first-order valence-corrected chi connectivity index (χ1v) is 10.5. The van der Waals surface area contributed by atoms with E-state index in [1.54, 1.807) is 0 Å². The molecule has 1 N–H and O–H groups in total. The van der Waals surface area contributed by atoms with Gasteiger partial charge in [-0.3, -0.25) is 4.90 Å². The van der Waals surface area contributed by atoms with Gasteiger partial charge in [0.05, 0.1) is 0 Å². The van der Waals surface area contributed by atoms with Crippen molar-refractivity contribution in [2.75, 3.05) is 13.1 Å². The van der Waals surface area contributed by atoms with Crippen molar-refractivity contribution >= 4 is 23.1 Å². The molecule has 0 spiro atoms. The van der Waals surface area contributed by atoms with Gasteiger partial charge in [0.15, 0.2) is 0 Å². The fourth-order valence-corrected chi connectivity index (χ4v) is 6.19. The highest BCUT2D eigenvalue weighted by Crippen LogP contribution is 2.56. The van der Waals surface area contributed by atoms with Crippen LogP contribution in [0.25, 0.3) is 6.08 Å². The molecule has 2 aromatic carbocycles. The monoisotopic (exact) mass is 439 g/mol. The van der Waals surface area contributed by atoms with Gasteiger partial charge >= 0.3 is 0 Å². The summed E-state index contributed by atoms with van der Waals surface area (Å²) in [6.07, 6.45) is 12.3. The molecule has 0 unspecified atom stereocenters. The average molecular weight is 440 g/mol. The normalized spacial score (nSPS) is 29.0. The second kappa shape index (κ2) is 8.04. The van der Waals surface area contributed by atoms with Gasteiger partial charge in [0.25, 0.3) is 0 Å². The molecule has 5 rings (SSSR count). The summed E-state index contributed by atoms with van der Waals surface area (Å²) in [7, 11) is 0. The van der Waals surface area contributed by atoms with Crippen molar-refractivity contribution in [1.29, 1.82) is 0 Å². The second-order valence-electron chi connectivity index (χ2n) is 8.68. The van der Waals surface area contributed by atoms with Crippen LogP contribution in [0, 0.1) is 5.92 Å². The highest BCUT2D eigenvalue weighted by atomic mass is 79.9. The Morgan fingerprint density at radius 2 is 1.93 bits per heavy atom. The molecular formula is C25H30BrNO. The summed E-state index contributed by atoms with van der Waals surface area (Å²) in [6.45, 7) is 2.22. The van der Waals surface area contributed by atoms with Crippen molar-refractivity contribution in [3.8, 4) is 5.75 Å². The molecule has 148 valence electrons. The van der Waals surface area contributed by atoms with Crippen molar-refractivity contribution < 1.29 is 5.11 Å². The number of nitrogens with zero attached hydrogens (tertiary/aromatic N) is 1. The molecule has 3 aliphatic rings. The third kappa shape index (κ3) is 3.33. The minimum atomic E-state index is 0. The van der Waals surface area contributed by atoms with Gasteiger partial charge in [-0.05, 0) is 67.0 Å². The number of hydrogen-bond acceptors (Lipinski definition) is 2. The molecule has 2 aliphatic carbocycles. The minimum Gasteiger partial charge on any atom is -0.508 e. The predicted molar refractivity (Wildman–Crippen MR) is 121 cm³/mol. The molecule has 1 saturated carbocycles. The van der Waals surface area contributed by atoms with Crippen molar-refractivity contribution in [3.05, 3.63) is 71.3 Å². The van der Waals surface area contributed by atoms with Crippen LogP contribution in [0.3, 0.4) is 0 Å². The SMILES string of the molecule is Br.Oc1ccc2c(c1)[C@@]13CCCC[C@H]1[C@H](C2)N(C/C=C/c1ccccc1)CC3. The maximum absolute atomic E-state index is 10.1. The lowest BCUT2D eigenvalue weighted by Crippen LogP contribution is -2.60. The molecule has 3 heteroatoms. The van der Waals surface area contributed by atoms with Crippen molar-refractivity contribution in [3.63, 3.8) is 0 Å². The highest BCUT2D eigenvalue weighted by molar-refractivity contribution is 8.93. The zero-order valence-electron chi connectivity index (χ0n) is 16.4. The van der Waals surface area contributed by atoms with Crippen LogP contribution in [0.1, 0.15) is 48.8 Å². The molecule has 2 fully saturated rings. The van der Waals surface area contributed by atoms with Crippen LogP contribution < -0.4 is 0 Å². The van der Waals surface area contributed by atoms with Gasteiger partial charge in [0, 0.05) is 18.0 Å². The number of benzene rings is 2. The number of halogens is 1. The van der Waals surface area contributed by atoms with Crippen molar-refractivity contribution in [2.24, 2.45) is 5.92 Å². The summed E-state index contributed by atoms with van der Waals surface area (Å²) >= 11 is 0. The Labute approximate surface area is 179 Å². The van der Waals surface area contributed by atoms with E-state index in [2.05, 4.69) is 59.5 Å². The highest BCUT2D eigenvalue weighted by Gasteiger charge is 2.53. The zero-order valence-corrected chi connectivity index (χ0v) is 18.1. The maximum atomic E-state index is 10.1. The zero-order chi connectivity index (χ0) is 18.3. The van der Waals surface area contributed by atoms with Crippen LogP contribution in [0.15, 0.2) is 54.6 Å². The van der Waals surface area contributed by atoms with E-state index in [-0.39, 0.29) is 17.0 Å². The van der Waals surface area contributed by atoms with Crippen molar-refractivity contribution in [2.45, 2.75) is 50.0 Å². The van der Waals surface area contributed by atoms with Gasteiger partial charge in [0.2, 0.25) is 0 Å². The van der Waals surface area contributed by atoms with Gasteiger partial charge in [-0.25, -0.2) is 0 Å². The molecule has 3 atom stereocenters. The lowest BCUT2D eigenvalue weighted by Gasteiger charge is -2.59. The summed E-state index contributed by atoms with van der Waals surface area (Å²) in [5.41, 5.74) is 4.55. The van der Waals surface area contributed by atoms with E-state index >= 15 is 0 Å². The number of phenols is 1. The van der Waals surface area contributed by atoms with Crippen LogP contribution >= 0.6 is 17.0 Å². The van der Waals surface area contributed by atoms with E-state index in [0.717, 1.165) is 18.9 Å². The summed E-state index contributed by atoms with van der Waals surface area (Å²) in [5.74, 6) is 1.19. The number of rotatable bonds is 3. The van der Waals surface area contributed by atoms with Crippen LogP contribution in [-0.4, -0.2) is 29.1 Å². The largest absolute Gasteiger partial charge is 0.508 e. The van der Waals surface area contributed by atoms with Crippen LogP contribution in [0.2, 0.25) is 0 Å². The van der Waals surface area contributed by atoms with E-state index in [9.17, 15) is 5.11 Å². The third-order valence-electron chi connectivity index (χ3n) is 7.39. The Hall–Kier alpha value is -1.58. The first-order chi connectivity index (χ1) is 13.3. The third-order valence-corrected chi connectivity index (χ3v) is 7.39. The smallest absolute Gasteiger partial charge is 0.115 e. The molecule has 0 amide bonds. The summed E-state index contributed by atoms with van der Waals surface area (Å²) in [6, 6.07) is 17.4. The minimum absolute atomic E-state index is 0. The maximum Gasteiger partial charge on any atom is 0.115 e. The molecule has 28 heavy (non-hydrogen) atoms. The Balaban J connectivity index is 0.00000192. The van der Waals surface area contributed by atoms with E-state index in [1.165, 1.54) is 55.3 Å². The molecule has 2 bridgehead atoms. The number of aromatic hydroxyl groups is 1. The number of piperidine rings is 1. The molecule has 1 saturated heterocycles. The number of fused-ring (bicyclic) bond motifs is 1. The first-order valence-electron chi connectivity index (χ1n) is 10.5. The number of phenolic OH excluding ortho intramolecular Hbond substituents is 1. The lowest BCUT2D eigenvalue weighted by atomic mass is 9.52. The van der Waals surface area contributed by atoms with E-state index in [0.29, 0.717) is 17.2 Å². The second-order valence-corrected chi connectivity index (χ2v) is 8.68. The Morgan fingerprint density at radius 3 is 2.79 bits per heavy atom. The number of likely N-dealkylation sites (tertiary alicyclic amines) is 1.